The van der Waals surface area contributed by atoms with E-state index in [2.05, 4.69) is 0 Å². The van der Waals surface area contributed by atoms with Gasteiger partial charge in [0.25, 0.3) is 10.1 Å². The highest BCUT2D eigenvalue weighted by Gasteiger charge is 2.42. The van der Waals surface area contributed by atoms with Gasteiger partial charge in [-0.15, -0.1) is 0 Å². The van der Waals surface area contributed by atoms with Crippen LogP contribution in [0.5, 0.6) is 0 Å². The Labute approximate surface area is 141 Å². The predicted octanol–water partition coefficient (Wildman–Crippen LogP) is 1.64. The normalized spacial score (nSPS) is 20.2. The van der Waals surface area contributed by atoms with Gasteiger partial charge in [-0.05, 0) is 40.0 Å². The fraction of sp³-hybridized carbons (Fsp3) is 0.562. The molecule has 7 nitrogen and oxygen atoms in total. The molecule has 134 valence electrons. The second kappa shape index (κ2) is 6.60. The van der Waals surface area contributed by atoms with E-state index in [9.17, 15) is 27.9 Å². The van der Waals surface area contributed by atoms with Crippen molar-refractivity contribution in [1.82, 2.24) is 0 Å². The fourth-order valence-electron chi connectivity index (χ4n) is 2.89. The first-order valence-electron chi connectivity index (χ1n) is 7.33. The molecule has 1 N–H and O–H groups in total. The molecule has 24 heavy (non-hydrogen) atoms. The average molecular weight is 358 g/mol. The Hall–Kier alpha value is -1.80. The number of hydrogen-bond donors (Lipinski definition) is 1. The highest BCUT2D eigenvalue weighted by atomic mass is 32.2. The summed E-state index contributed by atoms with van der Waals surface area (Å²) in [5, 5.41) is 9.35. The number of ketones is 2. The summed E-state index contributed by atoms with van der Waals surface area (Å²) >= 11 is 0. The molecule has 0 heterocycles. The average Bonchev–Trinajstić information content (AvgIpc) is 2.40. The van der Waals surface area contributed by atoms with Crippen LogP contribution in [-0.2, 0) is 28.7 Å². The number of Topliss-reactive ketones (excluding diaryl/α,β-unsaturated/α-hetero) is 2. The zero-order valence-electron chi connectivity index (χ0n) is 14.6. The van der Waals surface area contributed by atoms with Gasteiger partial charge >= 0.3 is 5.97 Å². The van der Waals surface area contributed by atoms with Crippen molar-refractivity contribution in [2.75, 3.05) is 6.26 Å². The molecule has 0 aromatic heterocycles. The van der Waals surface area contributed by atoms with Gasteiger partial charge in [0.1, 0.15) is 0 Å². The fourth-order valence-corrected chi connectivity index (χ4v) is 3.69. The van der Waals surface area contributed by atoms with Crippen LogP contribution < -0.4 is 0 Å². The van der Waals surface area contributed by atoms with E-state index in [1.54, 1.807) is 13.8 Å². The van der Waals surface area contributed by atoms with Gasteiger partial charge < -0.3 is 5.11 Å². The molecule has 0 aromatic carbocycles. The third-order valence-corrected chi connectivity index (χ3v) is 4.88. The minimum atomic E-state index is -4.02. The molecule has 0 radical (unpaired) electrons. The number of carboxylic acids is 1. The van der Waals surface area contributed by atoms with E-state index in [0.29, 0.717) is 11.1 Å². The van der Waals surface area contributed by atoms with Crippen LogP contribution in [0.4, 0.5) is 0 Å². The van der Waals surface area contributed by atoms with Crippen molar-refractivity contribution in [3.05, 3.63) is 22.3 Å². The number of rotatable bonds is 6. The van der Waals surface area contributed by atoms with E-state index in [-0.39, 0.29) is 29.1 Å². The Balaban J connectivity index is 3.26. The molecule has 1 aliphatic carbocycles. The summed E-state index contributed by atoms with van der Waals surface area (Å²) in [7, 11) is -4.02. The maximum atomic E-state index is 12.5. The highest BCUT2D eigenvalue weighted by molar-refractivity contribution is 7.86. The zero-order chi connectivity index (χ0) is 19.0. The standard InChI is InChI=1S/C16H22O7S/c1-8(7-16(5,15(19)20)23-24(6,21)22)12-11(4)13(17)9(2)10(3)14(12)18/h8H,7H2,1-6H3,(H,19,20). The van der Waals surface area contributed by atoms with Crippen LogP contribution in [-0.4, -0.2) is 42.9 Å². The molecule has 0 aromatic rings. The molecule has 2 atom stereocenters. The van der Waals surface area contributed by atoms with Crippen LogP contribution >= 0.6 is 0 Å². The molecule has 0 fully saturated rings. The molecule has 0 saturated carbocycles. The first-order chi connectivity index (χ1) is 10.7. The topological polar surface area (TPSA) is 115 Å². The summed E-state index contributed by atoms with van der Waals surface area (Å²) in [4.78, 5) is 36.2. The molecular weight excluding hydrogens is 336 g/mol. The van der Waals surface area contributed by atoms with E-state index in [4.69, 9.17) is 4.18 Å². The van der Waals surface area contributed by atoms with Gasteiger partial charge in [-0.1, -0.05) is 6.92 Å². The second-order valence-electron chi connectivity index (χ2n) is 6.38. The van der Waals surface area contributed by atoms with Crippen LogP contribution in [0.15, 0.2) is 22.3 Å². The van der Waals surface area contributed by atoms with Crippen LogP contribution in [0.3, 0.4) is 0 Å². The lowest BCUT2D eigenvalue weighted by atomic mass is 9.77. The van der Waals surface area contributed by atoms with Crippen molar-refractivity contribution < 1.29 is 32.1 Å². The Morgan fingerprint density at radius 1 is 1.12 bits per heavy atom. The molecule has 1 aliphatic rings. The highest BCUT2D eigenvalue weighted by Crippen LogP contribution is 2.34. The Morgan fingerprint density at radius 3 is 2.00 bits per heavy atom. The monoisotopic (exact) mass is 358 g/mol. The number of carbonyl (C=O) groups excluding carboxylic acids is 2. The lowest BCUT2D eigenvalue weighted by Crippen LogP contribution is -2.42. The van der Waals surface area contributed by atoms with Gasteiger partial charge in [0.05, 0.1) is 6.26 Å². The zero-order valence-corrected chi connectivity index (χ0v) is 15.4. The largest absolute Gasteiger partial charge is 0.479 e. The molecule has 0 bridgehead atoms. The summed E-state index contributed by atoms with van der Waals surface area (Å²) in [6.07, 6.45) is 0.488. The van der Waals surface area contributed by atoms with Gasteiger partial charge in [-0.3, -0.25) is 13.8 Å². The van der Waals surface area contributed by atoms with Gasteiger partial charge in [-0.25, -0.2) is 4.79 Å². The number of carbonyl (C=O) groups is 3. The van der Waals surface area contributed by atoms with E-state index < -0.39 is 27.6 Å². The predicted molar refractivity (Wildman–Crippen MR) is 86.8 cm³/mol. The van der Waals surface area contributed by atoms with E-state index in [1.807, 2.05) is 0 Å². The van der Waals surface area contributed by atoms with Crippen molar-refractivity contribution >= 4 is 27.7 Å². The molecule has 0 saturated heterocycles. The van der Waals surface area contributed by atoms with E-state index in [1.165, 1.54) is 13.8 Å². The van der Waals surface area contributed by atoms with Crippen LogP contribution in [0.1, 0.15) is 41.0 Å². The maximum Gasteiger partial charge on any atom is 0.337 e. The SMILES string of the molecule is CC1=C(C)C(=O)C(C(C)CC(C)(OS(C)(=O)=O)C(=O)O)=C(C)C1=O. The number of aliphatic carboxylic acids is 1. The number of allylic oxidation sites excluding steroid dienone is 4. The Kier molecular flexibility index (Phi) is 5.57. The summed E-state index contributed by atoms with van der Waals surface area (Å²) < 4.78 is 27.5. The second-order valence-corrected chi connectivity index (χ2v) is 7.95. The van der Waals surface area contributed by atoms with E-state index >= 15 is 0 Å². The molecular formula is C16H22O7S. The molecule has 2 unspecified atom stereocenters. The number of carboxylic acid groups (broad SMARTS) is 1. The molecule has 0 aliphatic heterocycles. The lowest BCUT2D eigenvalue weighted by molar-refractivity contribution is -0.154. The Bertz CT molecular complexity index is 770. The van der Waals surface area contributed by atoms with Crippen molar-refractivity contribution in [3.8, 4) is 0 Å². The minimum absolute atomic E-state index is 0.202. The van der Waals surface area contributed by atoms with Crippen molar-refractivity contribution in [3.63, 3.8) is 0 Å². The smallest absolute Gasteiger partial charge is 0.337 e. The maximum absolute atomic E-state index is 12.5. The van der Waals surface area contributed by atoms with Crippen molar-refractivity contribution in [2.45, 2.75) is 46.6 Å². The Morgan fingerprint density at radius 2 is 1.58 bits per heavy atom. The third kappa shape index (κ3) is 3.99. The lowest BCUT2D eigenvalue weighted by Gasteiger charge is -2.29. The molecule has 1 rings (SSSR count). The molecule has 8 heteroatoms. The van der Waals surface area contributed by atoms with Gasteiger partial charge in [0, 0.05) is 22.3 Å². The molecule has 0 amide bonds. The van der Waals surface area contributed by atoms with Crippen LogP contribution in [0.25, 0.3) is 0 Å². The number of hydrogen-bond acceptors (Lipinski definition) is 6. The van der Waals surface area contributed by atoms with Crippen molar-refractivity contribution in [1.29, 1.82) is 0 Å². The van der Waals surface area contributed by atoms with Gasteiger partial charge in [-0.2, -0.15) is 8.42 Å². The van der Waals surface area contributed by atoms with Gasteiger partial charge in [0.2, 0.25) is 0 Å². The quantitative estimate of drug-likeness (QED) is 0.567. The first kappa shape index (κ1) is 20.2. The van der Waals surface area contributed by atoms with Crippen molar-refractivity contribution in [2.24, 2.45) is 5.92 Å². The summed E-state index contributed by atoms with van der Waals surface area (Å²) in [5.41, 5.74) is -0.904. The summed E-state index contributed by atoms with van der Waals surface area (Å²) in [6, 6.07) is 0. The van der Waals surface area contributed by atoms with Crippen LogP contribution in [0, 0.1) is 5.92 Å². The first-order valence-corrected chi connectivity index (χ1v) is 9.14. The van der Waals surface area contributed by atoms with Gasteiger partial charge in [0.15, 0.2) is 17.2 Å². The summed E-state index contributed by atoms with van der Waals surface area (Å²) in [5.74, 6) is -2.73. The third-order valence-electron chi connectivity index (χ3n) is 4.21. The van der Waals surface area contributed by atoms with Crippen LogP contribution in [0.2, 0.25) is 0 Å². The summed E-state index contributed by atoms with van der Waals surface area (Å²) in [6.45, 7) is 7.32. The van der Waals surface area contributed by atoms with E-state index in [0.717, 1.165) is 13.2 Å². The minimum Gasteiger partial charge on any atom is -0.479 e. The molecule has 0 spiro atoms.